The summed E-state index contributed by atoms with van der Waals surface area (Å²) in [5.41, 5.74) is 6.70. The fraction of sp³-hybridized carbons (Fsp3) is 0.286. The van der Waals surface area contributed by atoms with Crippen LogP contribution < -0.4 is 16.6 Å². The summed E-state index contributed by atoms with van der Waals surface area (Å²) >= 11 is 6.37. The highest BCUT2D eigenvalue weighted by molar-refractivity contribution is 6.35. The van der Waals surface area contributed by atoms with Gasteiger partial charge < -0.3 is 15.6 Å². The number of rotatable bonds is 5. The SMILES string of the molecule is C[C@H](Nc1ncnc2[nH]nc(C(N)=O)c12)c1cc2cccc(Cl)c2c(=O)n1C1C2CC21. The number of hydrogen-bond donors (Lipinski definition) is 3. The van der Waals surface area contributed by atoms with Crippen molar-refractivity contribution in [3.8, 4) is 0 Å². The van der Waals surface area contributed by atoms with Crippen molar-refractivity contribution < 1.29 is 4.79 Å². The number of amides is 1. The normalized spacial score (nSPS) is 22.3. The number of anilines is 1. The van der Waals surface area contributed by atoms with Crippen LogP contribution in [0.1, 0.15) is 41.6 Å². The predicted octanol–water partition coefficient (Wildman–Crippen LogP) is 2.78. The van der Waals surface area contributed by atoms with Crippen molar-refractivity contribution in [1.29, 1.82) is 0 Å². The molecule has 2 aliphatic rings. The Hall–Kier alpha value is -3.46. The molecule has 156 valence electrons. The lowest BCUT2D eigenvalue weighted by Crippen LogP contribution is -2.28. The zero-order valence-corrected chi connectivity index (χ0v) is 17.2. The van der Waals surface area contributed by atoms with E-state index >= 15 is 0 Å². The number of carbonyl (C=O) groups excluding carboxylic acids is 1. The number of nitrogens with two attached hydrogens (primary N) is 1. The number of hydrogen-bond acceptors (Lipinski definition) is 6. The fourth-order valence-electron chi connectivity index (χ4n) is 4.55. The smallest absolute Gasteiger partial charge is 0.270 e. The van der Waals surface area contributed by atoms with Crippen LogP contribution in [-0.4, -0.2) is 30.6 Å². The number of carbonyl (C=O) groups is 1. The number of fused-ring (bicyclic) bond motifs is 3. The Kier molecular flexibility index (Phi) is 3.71. The largest absolute Gasteiger partial charge is 0.364 e. The van der Waals surface area contributed by atoms with E-state index < -0.39 is 5.91 Å². The molecule has 3 heterocycles. The van der Waals surface area contributed by atoms with Gasteiger partial charge in [0.15, 0.2) is 11.3 Å². The van der Waals surface area contributed by atoms with Crippen LogP contribution in [0, 0.1) is 11.8 Å². The summed E-state index contributed by atoms with van der Waals surface area (Å²) in [6, 6.07) is 7.40. The number of pyridine rings is 1. The number of halogens is 1. The van der Waals surface area contributed by atoms with E-state index in [1.807, 2.05) is 29.7 Å². The molecule has 10 heteroatoms. The van der Waals surface area contributed by atoms with Gasteiger partial charge in [-0.25, -0.2) is 9.97 Å². The average Bonchev–Trinajstić information content (AvgIpc) is 3.61. The van der Waals surface area contributed by atoms with Gasteiger partial charge in [0.05, 0.1) is 21.8 Å². The highest BCUT2D eigenvalue weighted by Crippen LogP contribution is 2.71. The van der Waals surface area contributed by atoms with E-state index in [1.54, 1.807) is 6.07 Å². The first-order valence-corrected chi connectivity index (χ1v) is 10.4. The standard InChI is InChI=1S/C21H18ClN7O2/c1-8(26-19-15-16(18(23)30)27-28-20(15)25-7-24-19)13-5-9-3-2-4-12(22)14(9)21(31)29(13)17-10-6-11(10)17/h2-5,7-8,10-11,17H,6H2,1H3,(H2,23,30)(H2,24,25,26,27,28)/t8-,10?,11?,17?/m0/s1. The molecule has 1 aromatic carbocycles. The van der Waals surface area contributed by atoms with Crippen molar-refractivity contribution in [2.24, 2.45) is 17.6 Å². The number of benzene rings is 1. The molecule has 4 aromatic rings. The lowest BCUT2D eigenvalue weighted by molar-refractivity contribution is 0.0997. The Morgan fingerprint density at radius 2 is 2.13 bits per heavy atom. The Labute approximate surface area is 180 Å². The Balaban J connectivity index is 1.49. The number of nitrogens with zero attached hydrogens (tertiary/aromatic N) is 4. The number of aromatic amines is 1. The third-order valence-corrected chi connectivity index (χ3v) is 6.69. The molecular formula is C21H18ClN7O2. The number of nitrogens with one attached hydrogen (secondary N) is 2. The molecule has 4 N–H and O–H groups in total. The van der Waals surface area contributed by atoms with Gasteiger partial charge in [0.25, 0.3) is 11.5 Å². The van der Waals surface area contributed by atoms with Crippen LogP contribution in [0.5, 0.6) is 0 Å². The highest BCUT2D eigenvalue weighted by atomic mass is 35.5. The summed E-state index contributed by atoms with van der Waals surface area (Å²) in [7, 11) is 0. The van der Waals surface area contributed by atoms with Gasteiger partial charge in [0.2, 0.25) is 0 Å². The van der Waals surface area contributed by atoms with E-state index in [9.17, 15) is 9.59 Å². The predicted molar refractivity (Wildman–Crippen MR) is 116 cm³/mol. The molecule has 0 aliphatic heterocycles. The molecule has 2 aliphatic carbocycles. The Bertz CT molecular complexity index is 1450. The molecule has 2 saturated carbocycles. The molecule has 9 nitrogen and oxygen atoms in total. The van der Waals surface area contributed by atoms with E-state index in [1.165, 1.54) is 12.7 Å². The molecule has 0 bridgehead atoms. The van der Waals surface area contributed by atoms with Gasteiger partial charge in [-0.2, -0.15) is 5.10 Å². The monoisotopic (exact) mass is 435 g/mol. The molecule has 31 heavy (non-hydrogen) atoms. The van der Waals surface area contributed by atoms with Gasteiger partial charge in [0, 0.05) is 11.7 Å². The van der Waals surface area contributed by atoms with Crippen molar-refractivity contribution >= 4 is 45.1 Å². The second-order valence-corrected chi connectivity index (χ2v) is 8.66. The lowest BCUT2D eigenvalue weighted by Gasteiger charge is -2.23. The van der Waals surface area contributed by atoms with E-state index in [2.05, 4.69) is 25.5 Å². The first kappa shape index (κ1) is 18.3. The molecule has 2 fully saturated rings. The molecule has 3 atom stereocenters. The summed E-state index contributed by atoms with van der Waals surface area (Å²) in [5, 5.41) is 12.2. The van der Waals surface area contributed by atoms with Gasteiger partial charge in [0.1, 0.15) is 12.1 Å². The number of primary amides is 1. The van der Waals surface area contributed by atoms with E-state index in [0.29, 0.717) is 39.1 Å². The third kappa shape index (κ3) is 2.66. The molecule has 0 radical (unpaired) electrons. The number of H-pyrrole nitrogens is 1. The molecule has 0 spiro atoms. The zero-order valence-electron chi connectivity index (χ0n) is 16.5. The topological polar surface area (TPSA) is 132 Å². The second-order valence-electron chi connectivity index (χ2n) is 8.25. The quantitative estimate of drug-likeness (QED) is 0.441. The van der Waals surface area contributed by atoms with Crippen LogP contribution in [0.25, 0.3) is 21.8 Å². The maximum absolute atomic E-state index is 13.4. The summed E-state index contributed by atoms with van der Waals surface area (Å²) in [5.74, 6) is 0.896. The minimum Gasteiger partial charge on any atom is -0.364 e. The van der Waals surface area contributed by atoms with Crippen LogP contribution in [0.4, 0.5) is 5.82 Å². The Morgan fingerprint density at radius 1 is 1.32 bits per heavy atom. The van der Waals surface area contributed by atoms with E-state index in [4.69, 9.17) is 17.3 Å². The van der Waals surface area contributed by atoms with Crippen molar-refractivity contribution in [1.82, 2.24) is 24.7 Å². The Morgan fingerprint density at radius 3 is 2.84 bits per heavy atom. The number of aromatic nitrogens is 5. The van der Waals surface area contributed by atoms with E-state index in [0.717, 1.165) is 11.1 Å². The first-order chi connectivity index (χ1) is 15.0. The van der Waals surface area contributed by atoms with Crippen LogP contribution in [-0.2, 0) is 0 Å². The van der Waals surface area contributed by atoms with Crippen LogP contribution >= 0.6 is 11.6 Å². The molecule has 1 amide bonds. The minimum absolute atomic E-state index is 0.0661. The van der Waals surface area contributed by atoms with Gasteiger partial charge in [-0.1, -0.05) is 23.7 Å². The highest BCUT2D eigenvalue weighted by Gasteiger charge is 2.66. The third-order valence-electron chi connectivity index (χ3n) is 6.37. The zero-order chi connectivity index (χ0) is 21.4. The van der Waals surface area contributed by atoms with Crippen molar-refractivity contribution in [3.63, 3.8) is 0 Å². The fourth-order valence-corrected chi connectivity index (χ4v) is 4.81. The van der Waals surface area contributed by atoms with Crippen molar-refractivity contribution in [3.05, 3.63) is 57.4 Å². The minimum atomic E-state index is -0.674. The van der Waals surface area contributed by atoms with Crippen molar-refractivity contribution in [2.45, 2.75) is 25.4 Å². The van der Waals surface area contributed by atoms with Gasteiger partial charge in [-0.15, -0.1) is 0 Å². The molecule has 0 saturated heterocycles. The van der Waals surface area contributed by atoms with Gasteiger partial charge in [-0.3, -0.25) is 14.7 Å². The van der Waals surface area contributed by atoms with Gasteiger partial charge in [-0.05, 0) is 42.7 Å². The summed E-state index contributed by atoms with van der Waals surface area (Å²) in [4.78, 5) is 33.7. The maximum Gasteiger partial charge on any atom is 0.270 e. The molecule has 6 rings (SSSR count). The first-order valence-electron chi connectivity index (χ1n) is 10.0. The second kappa shape index (κ2) is 6.27. The van der Waals surface area contributed by atoms with Crippen LogP contribution in [0.2, 0.25) is 5.02 Å². The van der Waals surface area contributed by atoms with Crippen molar-refractivity contribution in [2.75, 3.05) is 5.32 Å². The summed E-state index contributed by atoms with van der Waals surface area (Å²) in [6.45, 7) is 1.95. The van der Waals surface area contributed by atoms with Crippen LogP contribution in [0.15, 0.2) is 35.4 Å². The molecular weight excluding hydrogens is 418 g/mol. The molecule has 2 unspecified atom stereocenters. The molecule has 3 aromatic heterocycles. The summed E-state index contributed by atoms with van der Waals surface area (Å²) in [6.07, 6.45) is 2.55. The summed E-state index contributed by atoms with van der Waals surface area (Å²) < 4.78 is 1.88. The maximum atomic E-state index is 13.4. The van der Waals surface area contributed by atoms with Crippen LogP contribution in [0.3, 0.4) is 0 Å². The van der Waals surface area contributed by atoms with E-state index in [-0.39, 0.29) is 23.3 Å². The lowest BCUT2D eigenvalue weighted by atomic mass is 10.1. The average molecular weight is 436 g/mol. The van der Waals surface area contributed by atoms with Gasteiger partial charge >= 0.3 is 0 Å².